The zero-order chi connectivity index (χ0) is 15.4. The normalized spacial score (nSPS) is 19.6. The number of quaternary nitrogens is 1. The van der Waals surface area contributed by atoms with Gasteiger partial charge in [-0.2, -0.15) is 0 Å². The van der Waals surface area contributed by atoms with Crippen LogP contribution in [0.5, 0.6) is 0 Å². The number of hydrogen-bond acceptors (Lipinski definition) is 1. The van der Waals surface area contributed by atoms with E-state index in [1.54, 1.807) is 0 Å². The van der Waals surface area contributed by atoms with Gasteiger partial charge in [-0.05, 0) is 38.5 Å². The van der Waals surface area contributed by atoms with E-state index in [2.05, 4.69) is 6.92 Å². The van der Waals surface area contributed by atoms with Crippen LogP contribution in [0.3, 0.4) is 0 Å². The first kappa shape index (κ1) is 19.0. The van der Waals surface area contributed by atoms with E-state index in [0.717, 1.165) is 25.8 Å². The third-order valence-corrected chi connectivity index (χ3v) is 5.30. The number of hydroxylamine groups is 3. The van der Waals surface area contributed by atoms with Crippen molar-refractivity contribution in [3.8, 4) is 0 Å². The van der Waals surface area contributed by atoms with E-state index >= 15 is 0 Å². The highest BCUT2D eigenvalue weighted by Crippen LogP contribution is 2.26. The summed E-state index contributed by atoms with van der Waals surface area (Å²) in [5.74, 6) is 0. The summed E-state index contributed by atoms with van der Waals surface area (Å²) in [7, 11) is 1.92. The first-order chi connectivity index (χ1) is 10.2. The van der Waals surface area contributed by atoms with Crippen molar-refractivity contribution in [2.24, 2.45) is 0 Å². The van der Waals surface area contributed by atoms with Gasteiger partial charge in [0.2, 0.25) is 0 Å². The van der Waals surface area contributed by atoms with Crippen molar-refractivity contribution < 1.29 is 4.65 Å². The second-order valence-corrected chi connectivity index (χ2v) is 7.37. The Kier molecular flexibility index (Phi) is 10.4. The highest BCUT2D eigenvalue weighted by molar-refractivity contribution is 4.67. The minimum Gasteiger partial charge on any atom is -0.633 e. The monoisotopic (exact) mass is 297 g/mol. The predicted molar refractivity (Wildman–Crippen MR) is 93.1 cm³/mol. The second kappa shape index (κ2) is 11.5. The lowest BCUT2D eigenvalue weighted by atomic mass is 9.94. The summed E-state index contributed by atoms with van der Waals surface area (Å²) < 4.78 is 0.0387. The minimum atomic E-state index is 0.0387. The summed E-state index contributed by atoms with van der Waals surface area (Å²) in [5, 5.41) is 12.6. The molecule has 0 N–H and O–H groups in total. The van der Waals surface area contributed by atoms with Gasteiger partial charge in [-0.25, -0.2) is 0 Å². The molecule has 0 aromatic rings. The maximum atomic E-state index is 12.6. The van der Waals surface area contributed by atoms with Crippen LogP contribution in [0, 0.1) is 5.21 Å². The number of hydrogen-bond donors (Lipinski definition) is 0. The van der Waals surface area contributed by atoms with Crippen molar-refractivity contribution in [1.82, 2.24) is 0 Å². The average Bonchev–Trinajstić information content (AvgIpc) is 2.50. The molecule has 21 heavy (non-hydrogen) atoms. The van der Waals surface area contributed by atoms with Gasteiger partial charge in [0, 0.05) is 0 Å². The smallest absolute Gasteiger partial charge is 0.0885 e. The lowest BCUT2D eigenvalue weighted by Crippen LogP contribution is -2.48. The van der Waals surface area contributed by atoms with E-state index in [9.17, 15) is 5.21 Å². The molecule has 0 aromatic heterocycles. The first-order valence-corrected chi connectivity index (χ1v) is 9.73. The molecule has 1 aliphatic carbocycles. The van der Waals surface area contributed by atoms with Gasteiger partial charge in [0.25, 0.3) is 0 Å². The van der Waals surface area contributed by atoms with Crippen LogP contribution in [-0.2, 0) is 0 Å². The highest BCUT2D eigenvalue weighted by Gasteiger charge is 2.25. The second-order valence-electron chi connectivity index (χ2n) is 7.37. The Bertz CT molecular complexity index is 234. The van der Waals surface area contributed by atoms with Gasteiger partial charge in [-0.3, -0.25) is 0 Å². The van der Waals surface area contributed by atoms with Gasteiger partial charge in [-0.15, -0.1) is 0 Å². The molecular formula is C19H39NO. The summed E-state index contributed by atoms with van der Waals surface area (Å²) in [6.07, 6.45) is 19.7. The molecule has 0 aromatic carbocycles. The molecule has 1 unspecified atom stereocenters. The number of rotatable bonds is 12. The summed E-state index contributed by atoms with van der Waals surface area (Å²) in [4.78, 5) is 0. The number of unbranched alkanes of at least 4 members (excludes halogenated alkanes) is 9. The molecule has 0 spiro atoms. The molecule has 1 atom stereocenters. The molecule has 1 aliphatic rings. The summed E-state index contributed by atoms with van der Waals surface area (Å²) in [6.45, 7) is 3.12. The van der Waals surface area contributed by atoms with E-state index in [0.29, 0.717) is 6.04 Å². The topological polar surface area (TPSA) is 23.1 Å². The van der Waals surface area contributed by atoms with E-state index < -0.39 is 0 Å². The lowest BCUT2D eigenvalue weighted by Gasteiger charge is -2.47. The van der Waals surface area contributed by atoms with Crippen LogP contribution in [0.15, 0.2) is 0 Å². The van der Waals surface area contributed by atoms with E-state index in [1.807, 2.05) is 7.05 Å². The van der Waals surface area contributed by atoms with Gasteiger partial charge in [0.15, 0.2) is 0 Å². The van der Waals surface area contributed by atoms with Crippen molar-refractivity contribution in [2.45, 2.75) is 109 Å². The summed E-state index contributed by atoms with van der Waals surface area (Å²) in [6, 6.07) is 0.400. The zero-order valence-corrected chi connectivity index (χ0v) is 14.7. The van der Waals surface area contributed by atoms with Crippen molar-refractivity contribution in [3.63, 3.8) is 0 Å². The maximum absolute atomic E-state index is 12.6. The molecule has 0 radical (unpaired) electrons. The summed E-state index contributed by atoms with van der Waals surface area (Å²) >= 11 is 0. The third kappa shape index (κ3) is 8.83. The maximum Gasteiger partial charge on any atom is 0.0885 e. The Hall–Kier alpha value is -0.0800. The fraction of sp³-hybridized carbons (Fsp3) is 1.00. The van der Waals surface area contributed by atoms with Crippen molar-refractivity contribution in [1.29, 1.82) is 0 Å². The number of nitrogens with zero attached hydrogens (tertiary/aromatic N) is 1. The minimum absolute atomic E-state index is 0.0387. The molecule has 126 valence electrons. The molecule has 0 amide bonds. The molecule has 0 saturated heterocycles. The van der Waals surface area contributed by atoms with Crippen molar-refractivity contribution in [3.05, 3.63) is 5.21 Å². The quantitative estimate of drug-likeness (QED) is 0.239. The van der Waals surface area contributed by atoms with Crippen LogP contribution in [0.2, 0.25) is 0 Å². The predicted octanol–water partition coefficient (Wildman–Crippen LogP) is 6.18. The molecule has 2 heteroatoms. The van der Waals surface area contributed by atoms with Crippen LogP contribution in [0.4, 0.5) is 0 Å². The Morgan fingerprint density at radius 2 is 1.24 bits per heavy atom. The molecule has 1 saturated carbocycles. The highest BCUT2D eigenvalue weighted by atomic mass is 16.5. The van der Waals surface area contributed by atoms with Gasteiger partial charge in [0.1, 0.15) is 0 Å². The Labute approximate surface area is 133 Å². The molecule has 1 rings (SSSR count). The van der Waals surface area contributed by atoms with Gasteiger partial charge in [-0.1, -0.05) is 64.7 Å². The standard InChI is InChI=1S/C19H39NO/c1-3-4-5-6-7-8-9-10-11-15-18-20(2,21)19-16-13-12-14-17-19/h19H,3-18H2,1-2H3. The fourth-order valence-electron chi connectivity index (χ4n) is 3.72. The van der Waals surface area contributed by atoms with E-state index in [-0.39, 0.29) is 4.65 Å². The van der Waals surface area contributed by atoms with Crippen molar-refractivity contribution >= 4 is 0 Å². The van der Waals surface area contributed by atoms with Gasteiger partial charge in [0.05, 0.1) is 19.6 Å². The molecule has 1 fully saturated rings. The van der Waals surface area contributed by atoms with E-state index in [1.165, 1.54) is 77.0 Å². The SMILES string of the molecule is CCCCCCCCCCCC[N+](C)([O-])C1CCCCC1. The van der Waals surface area contributed by atoms with Crippen molar-refractivity contribution in [2.75, 3.05) is 13.6 Å². The Morgan fingerprint density at radius 3 is 1.76 bits per heavy atom. The first-order valence-electron chi connectivity index (χ1n) is 9.73. The van der Waals surface area contributed by atoms with Crippen LogP contribution in [-0.4, -0.2) is 24.3 Å². The van der Waals surface area contributed by atoms with Gasteiger partial charge >= 0.3 is 0 Å². The summed E-state index contributed by atoms with van der Waals surface area (Å²) in [5.41, 5.74) is 0. The molecule has 2 nitrogen and oxygen atoms in total. The largest absolute Gasteiger partial charge is 0.633 e. The van der Waals surface area contributed by atoms with Gasteiger partial charge < -0.3 is 9.85 Å². The van der Waals surface area contributed by atoms with Crippen LogP contribution in [0.1, 0.15) is 103 Å². The Balaban J connectivity index is 1.93. The third-order valence-electron chi connectivity index (χ3n) is 5.30. The van der Waals surface area contributed by atoms with Crippen LogP contribution in [0.25, 0.3) is 0 Å². The van der Waals surface area contributed by atoms with E-state index in [4.69, 9.17) is 0 Å². The van der Waals surface area contributed by atoms with Crippen LogP contribution >= 0.6 is 0 Å². The lowest BCUT2D eigenvalue weighted by molar-refractivity contribution is -0.888. The Morgan fingerprint density at radius 1 is 0.762 bits per heavy atom. The average molecular weight is 298 g/mol. The molecule has 0 aliphatic heterocycles. The zero-order valence-electron chi connectivity index (χ0n) is 14.7. The van der Waals surface area contributed by atoms with Crippen LogP contribution < -0.4 is 0 Å². The molecule has 0 heterocycles. The molecule has 0 bridgehead atoms. The fourth-order valence-corrected chi connectivity index (χ4v) is 3.72. The molecular weight excluding hydrogens is 258 g/mol.